The summed E-state index contributed by atoms with van der Waals surface area (Å²) in [5.74, 6) is 1.55. The molecule has 0 unspecified atom stereocenters. The normalized spacial score (nSPS) is 13.5. The summed E-state index contributed by atoms with van der Waals surface area (Å²) in [6, 6.07) is 14.2. The van der Waals surface area contributed by atoms with Gasteiger partial charge in [-0.15, -0.1) is 0 Å². The number of guanidine groups is 1. The van der Waals surface area contributed by atoms with E-state index in [-0.39, 0.29) is 0 Å². The summed E-state index contributed by atoms with van der Waals surface area (Å²) in [4.78, 5) is 4.32. The summed E-state index contributed by atoms with van der Waals surface area (Å²) in [6.07, 6.45) is 0.836. The van der Waals surface area contributed by atoms with Crippen LogP contribution in [-0.4, -0.2) is 26.2 Å². The molecule has 0 amide bonds. The van der Waals surface area contributed by atoms with E-state index in [0.29, 0.717) is 10.8 Å². The number of nitrogens with zero attached hydrogens (tertiary/aromatic N) is 1. The number of anilines is 1. The minimum absolute atomic E-state index is 0.642. The zero-order chi connectivity index (χ0) is 15.4. The lowest BCUT2D eigenvalue weighted by molar-refractivity contribution is 0.415. The Hall–Kier alpha value is -2.20. The summed E-state index contributed by atoms with van der Waals surface area (Å²) in [6.45, 7) is 1.73. The maximum atomic E-state index is 6.16. The second-order valence-corrected chi connectivity index (χ2v) is 5.53. The van der Waals surface area contributed by atoms with Crippen molar-refractivity contribution in [3.63, 3.8) is 0 Å². The zero-order valence-corrected chi connectivity index (χ0v) is 13.2. The van der Waals surface area contributed by atoms with Gasteiger partial charge in [-0.2, -0.15) is 0 Å². The van der Waals surface area contributed by atoms with Crippen LogP contribution in [0.25, 0.3) is 0 Å². The molecule has 0 saturated heterocycles. The van der Waals surface area contributed by atoms with Gasteiger partial charge in [-0.25, -0.2) is 0 Å². The first-order valence-corrected chi connectivity index (χ1v) is 7.59. The van der Waals surface area contributed by atoms with Crippen molar-refractivity contribution in [1.29, 1.82) is 0 Å². The highest BCUT2D eigenvalue weighted by Crippen LogP contribution is 2.26. The second-order valence-electron chi connectivity index (χ2n) is 5.12. The Balaban J connectivity index is 1.66. The molecule has 114 valence electrons. The highest BCUT2D eigenvalue weighted by Gasteiger charge is 2.06. The van der Waals surface area contributed by atoms with E-state index in [0.717, 1.165) is 36.7 Å². The molecule has 1 heterocycles. The molecular formula is C17H18ClN3O. The second kappa shape index (κ2) is 6.71. The predicted octanol–water partition coefficient (Wildman–Crippen LogP) is 3.31. The third kappa shape index (κ3) is 3.52. The fourth-order valence-electron chi connectivity index (χ4n) is 2.38. The average Bonchev–Trinajstić information content (AvgIpc) is 3.02. The van der Waals surface area contributed by atoms with Crippen molar-refractivity contribution in [2.45, 2.75) is 6.42 Å². The van der Waals surface area contributed by atoms with Gasteiger partial charge in [-0.1, -0.05) is 29.8 Å². The van der Waals surface area contributed by atoms with Crippen molar-refractivity contribution in [3.05, 3.63) is 58.6 Å². The number of methoxy groups -OCH3 is 1. The van der Waals surface area contributed by atoms with Crippen LogP contribution in [0.5, 0.6) is 5.75 Å². The molecule has 1 aliphatic rings. The first kappa shape index (κ1) is 14.7. The number of benzene rings is 2. The van der Waals surface area contributed by atoms with Gasteiger partial charge in [0.1, 0.15) is 5.75 Å². The molecule has 0 aromatic heterocycles. The zero-order valence-electron chi connectivity index (χ0n) is 12.4. The molecule has 3 rings (SSSR count). The van der Waals surface area contributed by atoms with E-state index >= 15 is 0 Å². The molecule has 2 N–H and O–H groups in total. The molecule has 1 aliphatic heterocycles. The topological polar surface area (TPSA) is 45.6 Å². The third-order valence-corrected chi connectivity index (χ3v) is 3.81. The maximum Gasteiger partial charge on any atom is 0.195 e. The Morgan fingerprint density at radius 1 is 1.18 bits per heavy atom. The van der Waals surface area contributed by atoms with E-state index in [9.17, 15) is 0 Å². The molecule has 0 spiro atoms. The fraction of sp³-hybridized carbons (Fsp3) is 0.235. The van der Waals surface area contributed by atoms with E-state index in [4.69, 9.17) is 16.3 Å². The summed E-state index contributed by atoms with van der Waals surface area (Å²) in [7, 11) is 1.62. The van der Waals surface area contributed by atoms with Crippen LogP contribution >= 0.6 is 11.6 Å². The molecule has 0 aliphatic carbocycles. The van der Waals surface area contributed by atoms with Gasteiger partial charge in [0.15, 0.2) is 5.96 Å². The fourth-order valence-corrected chi connectivity index (χ4v) is 2.66. The predicted molar refractivity (Wildman–Crippen MR) is 91.2 cm³/mol. The Bertz CT molecular complexity index is 683. The molecule has 0 saturated carbocycles. The standard InChI is InChI=1S/C17H18ClN3O/c1-22-16-7-4-13(11-15(16)18)10-12-2-5-14(6-3-12)21-17-19-8-9-20-17/h2-7,11H,8-10H2,1H3,(H2,19,20,21). The first-order chi connectivity index (χ1) is 10.7. The van der Waals surface area contributed by atoms with Crippen molar-refractivity contribution in [3.8, 4) is 5.75 Å². The summed E-state index contributed by atoms with van der Waals surface area (Å²) in [5.41, 5.74) is 3.42. The smallest absolute Gasteiger partial charge is 0.195 e. The molecule has 2 aromatic carbocycles. The van der Waals surface area contributed by atoms with Crippen molar-refractivity contribution in [1.82, 2.24) is 5.32 Å². The lowest BCUT2D eigenvalue weighted by Gasteiger charge is -2.09. The lowest BCUT2D eigenvalue weighted by atomic mass is 10.0. The average molecular weight is 316 g/mol. The van der Waals surface area contributed by atoms with Gasteiger partial charge in [0.05, 0.1) is 18.7 Å². The number of ether oxygens (including phenoxy) is 1. The van der Waals surface area contributed by atoms with Gasteiger partial charge in [-0.3, -0.25) is 4.99 Å². The summed E-state index contributed by atoms with van der Waals surface area (Å²) >= 11 is 6.16. The quantitative estimate of drug-likeness (QED) is 0.910. The Labute approximate surface area is 135 Å². The van der Waals surface area contributed by atoms with Gasteiger partial charge in [0, 0.05) is 12.2 Å². The van der Waals surface area contributed by atoms with E-state index in [1.54, 1.807) is 7.11 Å². The van der Waals surface area contributed by atoms with Crippen LogP contribution in [0.2, 0.25) is 5.02 Å². The number of hydrogen-bond donors (Lipinski definition) is 2. The number of hydrogen-bond acceptors (Lipinski definition) is 4. The highest BCUT2D eigenvalue weighted by molar-refractivity contribution is 6.32. The molecule has 4 nitrogen and oxygen atoms in total. The summed E-state index contributed by atoms with van der Waals surface area (Å²) in [5, 5.41) is 7.09. The van der Waals surface area contributed by atoms with Crippen LogP contribution in [0.15, 0.2) is 47.5 Å². The minimum atomic E-state index is 0.642. The van der Waals surface area contributed by atoms with Crippen molar-refractivity contribution in [2.24, 2.45) is 4.99 Å². The molecule has 2 aromatic rings. The summed E-state index contributed by atoms with van der Waals surface area (Å²) < 4.78 is 5.17. The van der Waals surface area contributed by atoms with Gasteiger partial charge in [0.2, 0.25) is 0 Å². The first-order valence-electron chi connectivity index (χ1n) is 7.21. The molecule has 0 bridgehead atoms. The van der Waals surface area contributed by atoms with E-state index in [1.165, 1.54) is 5.56 Å². The van der Waals surface area contributed by atoms with E-state index in [2.05, 4.69) is 39.9 Å². The molecule has 0 radical (unpaired) electrons. The van der Waals surface area contributed by atoms with E-state index < -0.39 is 0 Å². The molecule has 0 atom stereocenters. The van der Waals surface area contributed by atoms with Gasteiger partial charge in [-0.05, 0) is 41.8 Å². The third-order valence-electron chi connectivity index (χ3n) is 3.52. The minimum Gasteiger partial charge on any atom is -0.495 e. The largest absolute Gasteiger partial charge is 0.495 e. The molecule has 0 fully saturated rings. The SMILES string of the molecule is COc1ccc(Cc2ccc(NC3=NCCN3)cc2)cc1Cl. The molecular weight excluding hydrogens is 298 g/mol. The van der Waals surface area contributed by atoms with Gasteiger partial charge in [0.25, 0.3) is 0 Å². The van der Waals surface area contributed by atoms with Crippen molar-refractivity contribution < 1.29 is 4.74 Å². The highest BCUT2D eigenvalue weighted by atomic mass is 35.5. The van der Waals surface area contributed by atoms with Crippen LogP contribution in [0.1, 0.15) is 11.1 Å². The maximum absolute atomic E-state index is 6.16. The Morgan fingerprint density at radius 2 is 1.95 bits per heavy atom. The van der Waals surface area contributed by atoms with Crippen LogP contribution < -0.4 is 15.4 Å². The monoisotopic (exact) mass is 315 g/mol. The number of nitrogens with one attached hydrogen (secondary N) is 2. The van der Waals surface area contributed by atoms with Crippen LogP contribution in [-0.2, 0) is 6.42 Å². The molecule has 22 heavy (non-hydrogen) atoms. The molecule has 5 heteroatoms. The van der Waals surface area contributed by atoms with Crippen LogP contribution in [0.3, 0.4) is 0 Å². The van der Waals surface area contributed by atoms with Gasteiger partial charge < -0.3 is 15.4 Å². The van der Waals surface area contributed by atoms with Crippen LogP contribution in [0, 0.1) is 0 Å². The Morgan fingerprint density at radius 3 is 2.59 bits per heavy atom. The van der Waals surface area contributed by atoms with Crippen molar-refractivity contribution in [2.75, 3.05) is 25.5 Å². The number of aliphatic imine (C=N–C) groups is 1. The number of halogens is 1. The number of rotatable bonds is 4. The lowest BCUT2D eigenvalue weighted by Crippen LogP contribution is -2.26. The van der Waals surface area contributed by atoms with Gasteiger partial charge >= 0.3 is 0 Å². The van der Waals surface area contributed by atoms with Crippen LogP contribution in [0.4, 0.5) is 5.69 Å². The Kier molecular flexibility index (Phi) is 4.49. The van der Waals surface area contributed by atoms with E-state index in [1.807, 2.05) is 18.2 Å². The van der Waals surface area contributed by atoms with Crippen molar-refractivity contribution >= 4 is 23.2 Å².